The number of rotatable bonds is 13. The van der Waals surface area contributed by atoms with Gasteiger partial charge in [-0.15, -0.1) is 0 Å². The molecule has 1 rings (SSSR count). The van der Waals surface area contributed by atoms with Gasteiger partial charge in [0, 0.05) is 12.6 Å². The number of carbonyl (C=O) groups is 4. The Bertz CT molecular complexity index is 987. The summed E-state index contributed by atoms with van der Waals surface area (Å²) in [6.07, 6.45) is 0.544. The molecule has 0 heterocycles. The van der Waals surface area contributed by atoms with Crippen molar-refractivity contribution in [3.8, 4) is 0 Å². The molecule has 1 aromatic rings. The van der Waals surface area contributed by atoms with E-state index in [1.807, 2.05) is 59.7 Å². The van der Waals surface area contributed by atoms with Crippen LogP contribution in [0.4, 0.5) is 4.79 Å². The number of aryl methyl sites for hydroxylation is 2. The van der Waals surface area contributed by atoms with Gasteiger partial charge in [-0.1, -0.05) is 51.0 Å². The Balaban J connectivity index is 3.56. The number of amides is 3. The van der Waals surface area contributed by atoms with E-state index in [-0.39, 0.29) is 37.4 Å². The number of nitrogens with one attached hydrogen (secondary N) is 2. The second kappa shape index (κ2) is 15.5. The lowest BCUT2D eigenvalue weighted by Crippen LogP contribution is -2.57. The molecule has 0 aromatic heterocycles. The molecular weight excluding hydrogens is 498 g/mol. The third-order valence-corrected chi connectivity index (χ3v) is 6.66. The Morgan fingerprint density at radius 2 is 1.64 bits per heavy atom. The first-order valence-corrected chi connectivity index (χ1v) is 14.0. The van der Waals surface area contributed by atoms with E-state index in [1.165, 1.54) is 0 Å². The van der Waals surface area contributed by atoms with Crippen LogP contribution < -0.4 is 10.6 Å². The highest BCUT2D eigenvalue weighted by Crippen LogP contribution is 2.30. The highest BCUT2D eigenvalue weighted by Gasteiger charge is 2.40. The van der Waals surface area contributed by atoms with Gasteiger partial charge in [0.05, 0.1) is 13.0 Å². The number of benzene rings is 1. The lowest BCUT2D eigenvalue weighted by Gasteiger charge is -2.40. The van der Waals surface area contributed by atoms with E-state index in [2.05, 4.69) is 10.6 Å². The van der Waals surface area contributed by atoms with Gasteiger partial charge in [0.25, 0.3) is 0 Å². The standard InChI is InChI=1S/C30H49N3O6/c1-11-20(5)25(32-29(37)39-30(8,9)10)28(36)33(22(7)12-2)26(23-18-19(4)14-15-21(23)6)27(35)31-17-16-24(34)38-13-3/h14-15,18,20,22,25-26H,11-13,16-17H2,1-10H3,(H,31,35)(H,32,37). The maximum Gasteiger partial charge on any atom is 0.408 e. The van der Waals surface area contributed by atoms with Gasteiger partial charge in [0.1, 0.15) is 17.7 Å². The molecular formula is C30H49N3O6. The topological polar surface area (TPSA) is 114 Å². The minimum atomic E-state index is -0.971. The van der Waals surface area contributed by atoms with Gasteiger partial charge in [-0.3, -0.25) is 14.4 Å². The van der Waals surface area contributed by atoms with Gasteiger partial charge in [-0.25, -0.2) is 4.79 Å². The molecule has 0 radical (unpaired) electrons. The maximum atomic E-state index is 14.3. The molecule has 39 heavy (non-hydrogen) atoms. The smallest absolute Gasteiger partial charge is 0.408 e. The largest absolute Gasteiger partial charge is 0.466 e. The molecule has 1 aromatic carbocycles. The summed E-state index contributed by atoms with van der Waals surface area (Å²) in [5.41, 5.74) is 1.76. The molecule has 220 valence electrons. The normalized spacial score (nSPS) is 14.4. The van der Waals surface area contributed by atoms with Gasteiger partial charge < -0.3 is 25.0 Å². The van der Waals surface area contributed by atoms with E-state index in [0.29, 0.717) is 18.4 Å². The molecule has 0 bridgehead atoms. The first kappa shape index (κ1) is 33.9. The van der Waals surface area contributed by atoms with Crippen molar-refractivity contribution in [2.75, 3.05) is 13.2 Å². The lowest BCUT2D eigenvalue weighted by molar-refractivity contribution is -0.146. The van der Waals surface area contributed by atoms with E-state index in [1.54, 1.807) is 32.6 Å². The summed E-state index contributed by atoms with van der Waals surface area (Å²) in [5, 5.41) is 5.62. The van der Waals surface area contributed by atoms with Gasteiger partial charge in [-0.05, 0) is 71.9 Å². The second-order valence-electron chi connectivity index (χ2n) is 11.1. The Morgan fingerprint density at radius 3 is 2.18 bits per heavy atom. The number of nitrogens with zero attached hydrogens (tertiary/aromatic N) is 1. The zero-order valence-electron chi connectivity index (χ0n) is 25.5. The third-order valence-electron chi connectivity index (χ3n) is 6.66. The number of alkyl carbamates (subject to hydrolysis) is 1. The molecule has 0 saturated carbocycles. The fraction of sp³-hybridized carbons (Fsp3) is 0.667. The fourth-order valence-corrected chi connectivity index (χ4v) is 4.16. The van der Waals surface area contributed by atoms with Gasteiger partial charge in [-0.2, -0.15) is 0 Å². The summed E-state index contributed by atoms with van der Waals surface area (Å²) in [4.78, 5) is 54.4. The van der Waals surface area contributed by atoms with Crippen molar-refractivity contribution < 1.29 is 28.7 Å². The van der Waals surface area contributed by atoms with Crippen LogP contribution in [0.2, 0.25) is 0 Å². The second-order valence-corrected chi connectivity index (χ2v) is 11.1. The van der Waals surface area contributed by atoms with Crippen LogP contribution in [0.3, 0.4) is 0 Å². The van der Waals surface area contributed by atoms with Gasteiger partial charge in [0.2, 0.25) is 11.8 Å². The lowest BCUT2D eigenvalue weighted by atomic mass is 9.92. The van der Waals surface area contributed by atoms with Crippen molar-refractivity contribution in [3.63, 3.8) is 0 Å². The molecule has 4 atom stereocenters. The first-order valence-electron chi connectivity index (χ1n) is 14.0. The van der Waals surface area contributed by atoms with Crippen molar-refractivity contribution in [2.45, 2.75) is 112 Å². The van der Waals surface area contributed by atoms with Crippen LogP contribution in [-0.4, -0.2) is 59.6 Å². The van der Waals surface area contributed by atoms with Crippen molar-refractivity contribution in [3.05, 3.63) is 34.9 Å². The van der Waals surface area contributed by atoms with Crippen molar-refractivity contribution >= 4 is 23.9 Å². The van der Waals surface area contributed by atoms with Crippen LogP contribution in [0.15, 0.2) is 18.2 Å². The number of hydrogen-bond acceptors (Lipinski definition) is 6. The zero-order valence-corrected chi connectivity index (χ0v) is 25.5. The van der Waals surface area contributed by atoms with Gasteiger partial charge >= 0.3 is 12.1 Å². The molecule has 2 N–H and O–H groups in total. The summed E-state index contributed by atoms with van der Waals surface area (Å²) in [5.74, 6) is -1.39. The van der Waals surface area contributed by atoms with Crippen molar-refractivity contribution in [1.29, 1.82) is 0 Å². The van der Waals surface area contributed by atoms with Crippen LogP contribution in [0.1, 0.15) is 97.4 Å². The zero-order chi connectivity index (χ0) is 29.9. The van der Waals surface area contributed by atoms with Crippen molar-refractivity contribution in [1.82, 2.24) is 15.5 Å². The molecule has 3 amide bonds. The van der Waals surface area contributed by atoms with E-state index in [0.717, 1.165) is 11.1 Å². The van der Waals surface area contributed by atoms with Crippen LogP contribution in [0.5, 0.6) is 0 Å². The predicted molar refractivity (Wildman–Crippen MR) is 152 cm³/mol. The summed E-state index contributed by atoms with van der Waals surface area (Å²) in [7, 11) is 0. The van der Waals surface area contributed by atoms with Crippen LogP contribution in [0, 0.1) is 19.8 Å². The number of ether oxygens (including phenoxy) is 2. The quantitative estimate of drug-likeness (QED) is 0.337. The predicted octanol–water partition coefficient (Wildman–Crippen LogP) is 4.98. The van der Waals surface area contributed by atoms with E-state index in [4.69, 9.17) is 9.47 Å². The Kier molecular flexibility index (Phi) is 13.5. The summed E-state index contributed by atoms with van der Waals surface area (Å²) in [6, 6.07) is 3.59. The Morgan fingerprint density at radius 1 is 1.00 bits per heavy atom. The van der Waals surface area contributed by atoms with E-state index in [9.17, 15) is 19.2 Å². The number of hydrogen-bond donors (Lipinski definition) is 2. The fourth-order valence-electron chi connectivity index (χ4n) is 4.16. The molecule has 9 nitrogen and oxygen atoms in total. The van der Waals surface area contributed by atoms with Crippen LogP contribution in [-0.2, 0) is 23.9 Å². The average Bonchev–Trinajstić information content (AvgIpc) is 2.85. The minimum absolute atomic E-state index is 0.0199. The Labute approximate surface area is 234 Å². The highest BCUT2D eigenvalue weighted by molar-refractivity contribution is 5.93. The molecule has 4 unspecified atom stereocenters. The SMILES string of the molecule is CCOC(=O)CCNC(=O)C(c1cc(C)ccc1C)N(C(=O)C(NC(=O)OC(C)(C)C)C(C)CC)C(C)CC. The molecule has 0 saturated heterocycles. The van der Waals surface area contributed by atoms with Gasteiger partial charge in [0.15, 0.2) is 0 Å². The van der Waals surface area contributed by atoms with Crippen LogP contribution >= 0.6 is 0 Å². The van der Waals surface area contributed by atoms with E-state index >= 15 is 0 Å². The van der Waals surface area contributed by atoms with Crippen molar-refractivity contribution in [2.24, 2.45) is 5.92 Å². The molecule has 0 spiro atoms. The highest BCUT2D eigenvalue weighted by atomic mass is 16.6. The molecule has 0 aliphatic heterocycles. The minimum Gasteiger partial charge on any atom is -0.466 e. The summed E-state index contributed by atoms with van der Waals surface area (Å²) in [6.45, 7) is 18.8. The Hall–Kier alpha value is -3.10. The number of esters is 1. The molecule has 0 fully saturated rings. The average molecular weight is 548 g/mol. The maximum absolute atomic E-state index is 14.3. The molecule has 9 heteroatoms. The number of carbonyl (C=O) groups excluding carboxylic acids is 4. The third kappa shape index (κ3) is 10.5. The van der Waals surface area contributed by atoms with Crippen LogP contribution in [0.25, 0.3) is 0 Å². The molecule has 0 aliphatic carbocycles. The molecule has 0 aliphatic rings. The monoisotopic (exact) mass is 547 g/mol. The first-order chi connectivity index (χ1) is 18.2. The van der Waals surface area contributed by atoms with E-state index < -0.39 is 35.7 Å². The summed E-state index contributed by atoms with van der Waals surface area (Å²) < 4.78 is 10.4. The summed E-state index contributed by atoms with van der Waals surface area (Å²) >= 11 is 0.